The number of para-hydroxylation sites is 1. The first-order valence-electron chi connectivity index (χ1n) is 8.83. The van der Waals surface area contributed by atoms with Crippen molar-refractivity contribution in [3.8, 4) is 5.75 Å². The lowest BCUT2D eigenvalue weighted by molar-refractivity contribution is -0.0884. The predicted octanol–water partition coefficient (Wildman–Crippen LogP) is 5.99. The molecule has 3 nitrogen and oxygen atoms in total. The van der Waals surface area contributed by atoms with E-state index in [4.69, 9.17) is 16.3 Å². The summed E-state index contributed by atoms with van der Waals surface area (Å²) in [5, 5.41) is 0.940. The first-order chi connectivity index (χ1) is 13.2. The number of rotatable bonds is 6. The molecule has 0 saturated heterocycles. The fourth-order valence-corrected chi connectivity index (χ4v) is 3.32. The van der Waals surface area contributed by atoms with E-state index in [9.17, 15) is 18.0 Å². The highest BCUT2D eigenvalue weighted by atomic mass is 35.5. The van der Waals surface area contributed by atoms with Gasteiger partial charge in [-0.1, -0.05) is 36.7 Å². The summed E-state index contributed by atoms with van der Waals surface area (Å²) in [7, 11) is 0. The average Bonchev–Trinajstić information content (AvgIpc) is 3.02. The summed E-state index contributed by atoms with van der Waals surface area (Å²) in [6, 6.07) is 10.3. The second kappa shape index (κ2) is 7.87. The van der Waals surface area contributed by atoms with Crippen molar-refractivity contribution in [3.63, 3.8) is 0 Å². The summed E-state index contributed by atoms with van der Waals surface area (Å²) in [5.41, 5.74) is 2.05. The van der Waals surface area contributed by atoms with Gasteiger partial charge in [-0.2, -0.15) is 13.2 Å². The first-order valence-corrected chi connectivity index (χ1v) is 9.21. The van der Waals surface area contributed by atoms with Gasteiger partial charge in [-0.15, -0.1) is 0 Å². The highest BCUT2D eigenvalue weighted by Gasteiger charge is 2.41. The van der Waals surface area contributed by atoms with Gasteiger partial charge in [-0.05, 0) is 42.7 Å². The van der Waals surface area contributed by atoms with Crippen LogP contribution in [0.3, 0.4) is 0 Å². The number of ketones is 1. The Morgan fingerprint density at radius 1 is 1.21 bits per heavy atom. The van der Waals surface area contributed by atoms with Crippen LogP contribution in [-0.4, -0.2) is 23.1 Å². The van der Waals surface area contributed by atoms with Crippen molar-refractivity contribution in [2.75, 3.05) is 6.61 Å². The van der Waals surface area contributed by atoms with Gasteiger partial charge in [0.25, 0.3) is 5.78 Å². The van der Waals surface area contributed by atoms with Gasteiger partial charge in [-0.25, -0.2) is 0 Å². The van der Waals surface area contributed by atoms with Crippen LogP contribution in [0.15, 0.2) is 42.6 Å². The summed E-state index contributed by atoms with van der Waals surface area (Å²) < 4.78 is 46.4. The van der Waals surface area contributed by atoms with Crippen molar-refractivity contribution >= 4 is 28.3 Å². The molecule has 1 aromatic heterocycles. The molecule has 3 rings (SSSR count). The molecular formula is C21H19ClF3NO2. The van der Waals surface area contributed by atoms with Crippen molar-refractivity contribution in [3.05, 3.63) is 64.3 Å². The third kappa shape index (κ3) is 4.02. The summed E-state index contributed by atoms with van der Waals surface area (Å²) in [6.45, 7) is 4.32. The SMILES string of the molecule is CCc1cccc2c(C(=O)C(F)(F)F)cn(CCOc3ccc(Cl)c(C)c3)c12. The van der Waals surface area contributed by atoms with E-state index in [0.717, 1.165) is 11.1 Å². The van der Waals surface area contributed by atoms with E-state index in [1.807, 2.05) is 19.9 Å². The number of carbonyl (C=O) groups is 1. The molecule has 7 heteroatoms. The summed E-state index contributed by atoms with van der Waals surface area (Å²) in [4.78, 5) is 11.9. The van der Waals surface area contributed by atoms with Gasteiger partial charge in [0.05, 0.1) is 17.6 Å². The normalized spacial score (nSPS) is 11.8. The lowest BCUT2D eigenvalue weighted by Crippen LogP contribution is -2.22. The zero-order valence-electron chi connectivity index (χ0n) is 15.4. The number of fused-ring (bicyclic) bond motifs is 1. The maximum absolute atomic E-state index is 13.0. The Morgan fingerprint density at radius 2 is 1.96 bits per heavy atom. The predicted molar refractivity (Wildman–Crippen MR) is 103 cm³/mol. The standard InChI is InChI=1S/C21H19ClF3NO2/c1-3-14-5-4-6-16-17(20(27)21(23,24)25)12-26(19(14)16)9-10-28-15-7-8-18(22)13(2)11-15/h4-8,11-12H,3,9-10H2,1-2H3. The quantitative estimate of drug-likeness (QED) is 0.468. The molecule has 0 N–H and O–H groups in total. The molecule has 2 aromatic carbocycles. The number of nitrogens with zero attached hydrogens (tertiary/aromatic N) is 1. The molecular weight excluding hydrogens is 391 g/mol. The Labute approximate surface area is 165 Å². The van der Waals surface area contributed by atoms with E-state index in [1.54, 1.807) is 34.9 Å². The van der Waals surface area contributed by atoms with Crippen molar-refractivity contribution in [2.45, 2.75) is 33.0 Å². The van der Waals surface area contributed by atoms with E-state index in [0.29, 0.717) is 34.6 Å². The van der Waals surface area contributed by atoms with Gasteiger partial charge < -0.3 is 9.30 Å². The number of carbonyl (C=O) groups excluding carboxylic acids is 1. The van der Waals surface area contributed by atoms with Gasteiger partial charge in [0.15, 0.2) is 0 Å². The van der Waals surface area contributed by atoms with Gasteiger partial charge in [0, 0.05) is 16.6 Å². The number of aryl methyl sites for hydroxylation is 2. The minimum atomic E-state index is -4.92. The van der Waals surface area contributed by atoms with Gasteiger partial charge >= 0.3 is 6.18 Å². The molecule has 0 radical (unpaired) electrons. The largest absolute Gasteiger partial charge is 0.492 e. The van der Waals surface area contributed by atoms with E-state index in [2.05, 4.69) is 0 Å². The average molecular weight is 410 g/mol. The first kappa shape index (κ1) is 20.3. The molecule has 148 valence electrons. The fraction of sp³-hybridized carbons (Fsp3) is 0.286. The van der Waals surface area contributed by atoms with Crippen LogP contribution in [0.4, 0.5) is 13.2 Å². The molecule has 28 heavy (non-hydrogen) atoms. The minimum absolute atomic E-state index is 0.239. The number of halogens is 4. The summed E-state index contributed by atoms with van der Waals surface area (Å²) in [6.07, 6.45) is -3.01. The molecule has 0 saturated carbocycles. The van der Waals surface area contributed by atoms with Gasteiger partial charge in [0.2, 0.25) is 0 Å². The molecule has 0 spiro atoms. The Kier molecular flexibility index (Phi) is 5.70. The highest BCUT2D eigenvalue weighted by Crippen LogP contribution is 2.31. The lowest BCUT2D eigenvalue weighted by atomic mass is 10.0. The molecule has 1 heterocycles. The number of aromatic nitrogens is 1. The number of alkyl halides is 3. The van der Waals surface area contributed by atoms with E-state index < -0.39 is 12.0 Å². The molecule has 0 unspecified atom stereocenters. The smallest absolute Gasteiger partial charge is 0.454 e. The van der Waals surface area contributed by atoms with Crippen LogP contribution < -0.4 is 4.74 Å². The monoisotopic (exact) mass is 409 g/mol. The number of ether oxygens (including phenoxy) is 1. The van der Waals surface area contributed by atoms with Gasteiger partial charge in [-0.3, -0.25) is 4.79 Å². The lowest BCUT2D eigenvalue weighted by Gasteiger charge is -2.11. The maximum Gasteiger partial charge on any atom is 0.454 e. The van der Waals surface area contributed by atoms with E-state index in [-0.39, 0.29) is 12.2 Å². The van der Waals surface area contributed by atoms with Crippen LogP contribution in [-0.2, 0) is 13.0 Å². The highest BCUT2D eigenvalue weighted by molar-refractivity contribution is 6.31. The molecule has 3 aromatic rings. The van der Waals surface area contributed by atoms with Crippen LogP contribution in [0.5, 0.6) is 5.75 Å². The van der Waals surface area contributed by atoms with E-state index in [1.165, 1.54) is 6.20 Å². The van der Waals surface area contributed by atoms with Gasteiger partial charge in [0.1, 0.15) is 12.4 Å². The Balaban J connectivity index is 1.91. The third-order valence-electron chi connectivity index (χ3n) is 4.60. The molecule has 0 aliphatic rings. The Bertz CT molecular complexity index is 1020. The van der Waals surface area contributed by atoms with Crippen molar-refractivity contribution < 1.29 is 22.7 Å². The number of benzene rings is 2. The third-order valence-corrected chi connectivity index (χ3v) is 5.02. The van der Waals surface area contributed by atoms with E-state index >= 15 is 0 Å². The minimum Gasteiger partial charge on any atom is -0.492 e. The zero-order chi connectivity index (χ0) is 20.5. The number of hydrogen-bond donors (Lipinski definition) is 0. The molecule has 0 aliphatic carbocycles. The van der Waals surface area contributed by atoms with Crippen LogP contribution in [0.2, 0.25) is 5.02 Å². The number of Topliss-reactive ketones (excluding diaryl/α,β-unsaturated/α-hetero) is 1. The van der Waals surface area contributed by atoms with Crippen LogP contribution in [0, 0.1) is 6.92 Å². The molecule has 0 atom stereocenters. The summed E-state index contributed by atoms with van der Waals surface area (Å²) >= 11 is 6.00. The second-order valence-electron chi connectivity index (χ2n) is 6.49. The van der Waals surface area contributed by atoms with Crippen LogP contribution >= 0.6 is 11.6 Å². The van der Waals surface area contributed by atoms with Crippen LogP contribution in [0.1, 0.15) is 28.4 Å². The Morgan fingerprint density at radius 3 is 2.61 bits per heavy atom. The zero-order valence-corrected chi connectivity index (χ0v) is 16.2. The van der Waals surface area contributed by atoms with Crippen LogP contribution in [0.25, 0.3) is 10.9 Å². The molecule has 0 amide bonds. The molecule has 0 aliphatic heterocycles. The molecule has 0 fully saturated rings. The Hall–Kier alpha value is -2.47. The van der Waals surface area contributed by atoms with Crippen molar-refractivity contribution in [1.82, 2.24) is 4.57 Å². The molecule has 0 bridgehead atoms. The van der Waals surface area contributed by atoms with Crippen molar-refractivity contribution in [1.29, 1.82) is 0 Å². The summed E-state index contributed by atoms with van der Waals surface area (Å²) in [5.74, 6) is -1.21. The maximum atomic E-state index is 13.0. The van der Waals surface area contributed by atoms with Crippen molar-refractivity contribution in [2.24, 2.45) is 0 Å². The number of hydrogen-bond acceptors (Lipinski definition) is 2. The second-order valence-corrected chi connectivity index (χ2v) is 6.90. The fourth-order valence-electron chi connectivity index (χ4n) is 3.20. The topological polar surface area (TPSA) is 31.2 Å².